The van der Waals surface area contributed by atoms with E-state index in [1.807, 2.05) is 72.2 Å². The number of benzene rings is 3. The molecule has 1 fully saturated rings. The molecule has 1 aliphatic rings. The van der Waals surface area contributed by atoms with Crippen LogP contribution in [-0.4, -0.2) is 66.7 Å². The number of hydrogen-bond acceptors (Lipinski definition) is 11. The van der Waals surface area contributed by atoms with E-state index in [9.17, 15) is 0 Å². The summed E-state index contributed by atoms with van der Waals surface area (Å²) in [5.41, 5.74) is 7.19. The third-order valence-electron chi connectivity index (χ3n) is 8.51. The van der Waals surface area contributed by atoms with Crippen LogP contribution in [0.1, 0.15) is 13.8 Å². The molecule has 8 rings (SSSR count). The number of aromatic nitrogens is 6. The number of piperazine rings is 1. The standard InChI is InChI=1S/C36H34N10OS/c1-24(2)44-16-18-45(19-17-44)29-13-7-12-28(23-29)38-34-37-15-14-30(40-34)32-31(41-36-46(32)20-21-48-36)26-10-6-11-27(22-26)39-35-43-42-33(47-35)25-8-4-3-5-9-25/h3-15,20-24H,16-19H2,1-2H3,(H,39,43)(H,37,38,40). The number of nitrogens with one attached hydrogen (secondary N) is 2. The first kappa shape index (κ1) is 29.8. The number of rotatable bonds is 9. The van der Waals surface area contributed by atoms with E-state index in [0.717, 1.165) is 70.7 Å². The summed E-state index contributed by atoms with van der Waals surface area (Å²) in [7, 11) is 0. The average Bonchev–Trinajstić information content (AvgIpc) is 3.86. The van der Waals surface area contributed by atoms with Crippen molar-refractivity contribution in [3.8, 4) is 34.1 Å². The Hall–Kier alpha value is -5.59. The highest BCUT2D eigenvalue weighted by Crippen LogP contribution is 2.35. The molecule has 48 heavy (non-hydrogen) atoms. The van der Waals surface area contributed by atoms with Gasteiger partial charge < -0.3 is 20.0 Å². The van der Waals surface area contributed by atoms with Gasteiger partial charge in [-0.05, 0) is 62.4 Å². The van der Waals surface area contributed by atoms with E-state index < -0.39 is 0 Å². The molecule has 3 aromatic carbocycles. The van der Waals surface area contributed by atoms with Crippen LogP contribution >= 0.6 is 11.3 Å². The molecule has 7 aromatic rings. The molecule has 0 atom stereocenters. The Morgan fingerprint density at radius 1 is 0.792 bits per heavy atom. The molecule has 0 spiro atoms. The van der Waals surface area contributed by atoms with Crippen LogP contribution in [0.5, 0.6) is 0 Å². The van der Waals surface area contributed by atoms with Crippen molar-refractivity contribution in [2.24, 2.45) is 0 Å². The van der Waals surface area contributed by atoms with Crippen LogP contribution in [0, 0.1) is 0 Å². The summed E-state index contributed by atoms with van der Waals surface area (Å²) in [6.07, 6.45) is 3.81. The normalized spacial score (nSPS) is 13.8. The maximum atomic E-state index is 5.88. The maximum Gasteiger partial charge on any atom is 0.320 e. The molecule has 0 unspecified atom stereocenters. The second-order valence-electron chi connectivity index (χ2n) is 11.9. The summed E-state index contributed by atoms with van der Waals surface area (Å²) in [6.45, 7) is 8.67. The monoisotopic (exact) mass is 654 g/mol. The van der Waals surface area contributed by atoms with Crippen LogP contribution in [0.25, 0.3) is 39.1 Å². The van der Waals surface area contributed by atoms with Crippen LogP contribution in [-0.2, 0) is 0 Å². The van der Waals surface area contributed by atoms with Gasteiger partial charge in [0.2, 0.25) is 11.8 Å². The van der Waals surface area contributed by atoms with Gasteiger partial charge in [0.05, 0.1) is 11.4 Å². The van der Waals surface area contributed by atoms with Gasteiger partial charge in [0.25, 0.3) is 0 Å². The Labute approximate surface area is 282 Å². The van der Waals surface area contributed by atoms with Crippen LogP contribution in [0.15, 0.2) is 107 Å². The Balaban J connectivity index is 1.05. The summed E-state index contributed by atoms with van der Waals surface area (Å²) in [5.74, 6) is 0.974. The molecular weight excluding hydrogens is 621 g/mol. The SMILES string of the molecule is CC(C)N1CCN(c2cccc(Nc3nccc(-c4c(-c5cccc(Nc6nnc(-c7ccccc7)o6)c5)nc5sccn45)n3)c2)CC1. The van der Waals surface area contributed by atoms with Crippen molar-refractivity contribution < 1.29 is 4.42 Å². The van der Waals surface area contributed by atoms with Crippen molar-refractivity contribution in [2.45, 2.75) is 19.9 Å². The fraction of sp³-hybridized carbons (Fsp3) is 0.194. The lowest BCUT2D eigenvalue weighted by Gasteiger charge is -2.38. The molecule has 1 aliphatic heterocycles. The minimum absolute atomic E-state index is 0.311. The van der Waals surface area contributed by atoms with E-state index in [1.54, 1.807) is 17.5 Å². The van der Waals surface area contributed by atoms with Gasteiger partial charge >= 0.3 is 6.01 Å². The van der Waals surface area contributed by atoms with E-state index >= 15 is 0 Å². The van der Waals surface area contributed by atoms with Crippen molar-refractivity contribution in [3.63, 3.8) is 0 Å². The first-order chi connectivity index (χ1) is 23.6. The third kappa shape index (κ3) is 6.10. The molecule has 240 valence electrons. The predicted molar refractivity (Wildman–Crippen MR) is 191 cm³/mol. The van der Waals surface area contributed by atoms with E-state index in [0.29, 0.717) is 23.9 Å². The molecule has 0 radical (unpaired) electrons. The fourth-order valence-corrected chi connectivity index (χ4v) is 6.74. The quantitative estimate of drug-likeness (QED) is 0.161. The van der Waals surface area contributed by atoms with Crippen LogP contribution in [0.2, 0.25) is 0 Å². The zero-order valence-corrected chi connectivity index (χ0v) is 27.4. The summed E-state index contributed by atoms with van der Waals surface area (Å²) in [5, 5.41) is 17.1. The van der Waals surface area contributed by atoms with E-state index in [2.05, 4.69) is 78.1 Å². The lowest BCUT2D eigenvalue weighted by atomic mass is 10.1. The number of anilines is 5. The van der Waals surface area contributed by atoms with Gasteiger partial charge in [-0.1, -0.05) is 41.5 Å². The molecule has 11 nitrogen and oxygen atoms in total. The summed E-state index contributed by atoms with van der Waals surface area (Å²) < 4.78 is 7.96. The largest absolute Gasteiger partial charge is 0.403 e. The molecule has 4 aromatic heterocycles. The Bertz CT molecular complexity index is 2160. The highest BCUT2D eigenvalue weighted by molar-refractivity contribution is 7.15. The zero-order chi connectivity index (χ0) is 32.5. The minimum atomic E-state index is 0.311. The van der Waals surface area contributed by atoms with Gasteiger partial charge in [-0.2, -0.15) is 0 Å². The number of nitrogens with zero attached hydrogens (tertiary/aromatic N) is 8. The van der Waals surface area contributed by atoms with Crippen LogP contribution in [0.4, 0.5) is 29.0 Å². The predicted octanol–water partition coefficient (Wildman–Crippen LogP) is 7.59. The number of imidazole rings is 1. The summed E-state index contributed by atoms with van der Waals surface area (Å²) in [6, 6.07) is 29.0. The van der Waals surface area contributed by atoms with Crippen molar-refractivity contribution in [3.05, 3.63) is 103 Å². The van der Waals surface area contributed by atoms with Crippen LogP contribution < -0.4 is 15.5 Å². The fourth-order valence-electron chi connectivity index (χ4n) is 6.03. The maximum absolute atomic E-state index is 5.88. The molecule has 1 saturated heterocycles. The van der Waals surface area contributed by atoms with Crippen molar-refractivity contribution in [2.75, 3.05) is 41.7 Å². The van der Waals surface area contributed by atoms with E-state index in [-0.39, 0.29) is 0 Å². The van der Waals surface area contributed by atoms with E-state index in [1.165, 1.54) is 5.69 Å². The van der Waals surface area contributed by atoms with Gasteiger partial charge in [-0.3, -0.25) is 9.30 Å². The molecular formula is C36H34N10OS. The third-order valence-corrected chi connectivity index (χ3v) is 9.26. The van der Waals surface area contributed by atoms with E-state index in [4.69, 9.17) is 14.4 Å². The van der Waals surface area contributed by atoms with Gasteiger partial charge in [0.1, 0.15) is 5.69 Å². The Kier molecular flexibility index (Phi) is 8.00. The van der Waals surface area contributed by atoms with Crippen molar-refractivity contribution in [1.29, 1.82) is 0 Å². The smallest absolute Gasteiger partial charge is 0.320 e. The minimum Gasteiger partial charge on any atom is -0.403 e. The molecule has 0 bridgehead atoms. The number of thiazole rings is 1. The number of hydrogen-bond donors (Lipinski definition) is 2. The molecule has 0 amide bonds. The lowest BCUT2D eigenvalue weighted by molar-refractivity contribution is 0.209. The second kappa shape index (κ2) is 12.9. The van der Waals surface area contributed by atoms with Gasteiger partial charge in [0, 0.05) is 78.2 Å². The second-order valence-corrected chi connectivity index (χ2v) is 12.8. The van der Waals surface area contributed by atoms with Gasteiger partial charge in [-0.15, -0.1) is 16.4 Å². The Morgan fingerprint density at radius 3 is 2.42 bits per heavy atom. The summed E-state index contributed by atoms with van der Waals surface area (Å²) in [4.78, 5) is 20.4. The highest BCUT2D eigenvalue weighted by Gasteiger charge is 2.21. The van der Waals surface area contributed by atoms with Crippen molar-refractivity contribution >= 4 is 45.3 Å². The number of fused-ring (bicyclic) bond motifs is 1. The van der Waals surface area contributed by atoms with Gasteiger partial charge in [-0.25, -0.2) is 15.0 Å². The topological polar surface area (TPSA) is 113 Å². The average molecular weight is 655 g/mol. The van der Waals surface area contributed by atoms with Crippen molar-refractivity contribution in [1.82, 2.24) is 34.4 Å². The Morgan fingerprint density at radius 2 is 1.58 bits per heavy atom. The molecule has 12 heteroatoms. The zero-order valence-electron chi connectivity index (χ0n) is 26.6. The molecule has 0 saturated carbocycles. The molecule has 5 heterocycles. The van der Waals surface area contributed by atoms with Gasteiger partial charge in [0.15, 0.2) is 4.96 Å². The lowest BCUT2D eigenvalue weighted by Crippen LogP contribution is -2.48. The summed E-state index contributed by atoms with van der Waals surface area (Å²) >= 11 is 1.58. The molecule has 2 N–H and O–H groups in total. The van der Waals surface area contributed by atoms with Crippen LogP contribution in [0.3, 0.4) is 0 Å². The molecule has 0 aliphatic carbocycles. The highest BCUT2D eigenvalue weighted by atomic mass is 32.1. The first-order valence-electron chi connectivity index (χ1n) is 16.0. The first-order valence-corrected chi connectivity index (χ1v) is 16.9.